The van der Waals surface area contributed by atoms with Gasteiger partial charge in [-0.2, -0.15) is 0 Å². The molecule has 1 amide bonds. The number of aromatic amines is 1. The molecule has 3 aromatic rings. The van der Waals surface area contributed by atoms with Gasteiger partial charge in [0.2, 0.25) is 5.91 Å². The van der Waals surface area contributed by atoms with E-state index >= 15 is 0 Å². The Hall–Kier alpha value is -3.29. The van der Waals surface area contributed by atoms with E-state index in [1.807, 2.05) is 0 Å². The topological polar surface area (TPSA) is 62.4 Å². The number of aryl methyl sites for hydroxylation is 1. The number of hydrogen-bond donors (Lipinski definition) is 1. The number of likely N-dealkylation sites (N-methyl/N-ethyl adjacent to an activating group) is 1. The molecule has 0 aliphatic carbocycles. The molecule has 1 saturated heterocycles. The predicted octanol–water partition coefficient (Wildman–Crippen LogP) is 4.35. The molecule has 0 radical (unpaired) electrons. The van der Waals surface area contributed by atoms with Crippen LogP contribution in [0.5, 0.6) is 0 Å². The lowest BCUT2D eigenvalue weighted by Crippen LogP contribution is -2.40. The zero-order chi connectivity index (χ0) is 22.3. The van der Waals surface area contributed by atoms with Gasteiger partial charge in [-0.25, -0.2) is 18.0 Å². The first kappa shape index (κ1) is 21.0. The minimum absolute atomic E-state index is 0.0218. The Kier molecular flexibility index (Phi) is 5.47. The number of esters is 1. The number of ether oxygens (including phenoxy) is 1. The SMILES string of the molecule is CC1CC(N(C)C(=O)CCc2c(-c3ccc(F)cc3)[nH]c3c(F)cc(F)cc23)C(=O)O1. The maximum Gasteiger partial charge on any atom is 0.329 e. The van der Waals surface area contributed by atoms with Gasteiger partial charge < -0.3 is 14.6 Å². The van der Waals surface area contributed by atoms with Gasteiger partial charge in [-0.3, -0.25) is 4.79 Å². The van der Waals surface area contributed by atoms with Gasteiger partial charge >= 0.3 is 5.97 Å². The van der Waals surface area contributed by atoms with Gasteiger partial charge in [0.05, 0.1) is 5.52 Å². The molecule has 0 spiro atoms. The summed E-state index contributed by atoms with van der Waals surface area (Å²) in [5.41, 5.74) is 1.74. The predicted molar refractivity (Wildman–Crippen MR) is 109 cm³/mol. The fraction of sp³-hybridized carbons (Fsp3) is 0.304. The van der Waals surface area contributed by atoms with Crippen molar-refractivity contribution in [1.29, 1.82) is 0 Å². The summed E-state index contributed by atoms with van der Waals surface area (Å²) in [6.45, 7) is 1.76. The van der Waals surface area contributed by atoms with Crippen LogP contribution in [0, 0.1) is 17.5 Å². The number of aromatic nitrogens is 1. The summed E-state index contributed by atoms with van der Waals surface area (Å²) >= 11 is 0. The average molecular weight is 430 g/mol. The van der Waals surface area contributed by atoms with Crippen molar-refractivity contribution in [3.8, 4) is 11.3 Å². The maximum atomic E-state index is 14.4. The largest absolute Gasteiger partial charge is 0.461 e. The van der Waals surface area contributed by atoms with Crippen LogP contribution in [0.4, 0.5) is 13.2 Å². The first-order valence-electron chi connectivity index (χ1n) is 9.96. The number of benzene rings is 2. The molecule has 4 rings (SSSR count). The molecule has 1 N–H and O–H groups in total. The smallest absolute Gasteiger partial charge is 0.329 e. The summed E-state index contributed by atoms with van der Waals surface area (Å²) in [6, 6.07) is 6.95. The summed E-state index contributed by atoms with van der Waals surface area (Å²) in [5, 5.41) is 0.321. The van der Waals surface area contributed by atoms with E-state index in [0.29, 0.717) is 28.6 Å². The number of nitrogens with zero attached hydrogens (tertiary/aromatic N) is 1. The highest BCUT2D eigenvalue weighted by Gasteiger charge is 2.36. The third-order valence-corrected chi connectivity index (χ3v) is 5.66. The molecular weight excluding hydrogens is 409 g/mol. The van der Waals surface area contributed by atoms with E-state index in [1.54, 1.807) is 14.0 Å². The molecule has 31 heavy (non-hydrogen) atoms. The first-order chi connectivity index (χ1) is 14.7. The van der Waals surface area contributed by atoms with Crippen LogP contribution in [0.15, 0.2) is 36.4 Å². The summed E-state index contributed by atoms with van der Waals surface area (Å²) < 4.78 is 46.8. The maximum absolute atomic E-state index is 14.4. The fourth-order valence-electron chi connectivity index (χ4n) is 4.03. The summed E-state index contributed by atoms with van der Waals surface area (Å²) in [4.78, 5) is 29.0. The standard InChI is InChI=1S/C23H21F3N2O3/c1-12-9-19(23(30)31-12)28(2)20(29)8-7-16-17-10-15(25)11-18(26)22(17)27-21(16)13-3-5-14(24)6-4-13/h3-6,10-12,19,27H,7-9H2,1-2H3. The lowest BCUT2D eigenvalue weighted by Gasteiger charge is -2.21. The number of halogens is 3. The summed E-state index contributed by atoms with van der Waals surface area (Å²) in [5.74, 6) is -2.63. The highest BCUT2D eigenvalue weighted by Crippen LogP contribution is 2.33. The first-order valence-corrected chi connectivity index (χ1v) is 9.96. The number of H-pyrrole nitrogens is 1. The van der Waals surface area contributed by atoms with Gasteiger partial charge in [0.15, 0.2) is 0 Å². The van der Waals surface area contributed by atoms with Crippen LogP contribution in [-0.4, -0.2) is 41.0 Å². The molecule has 1 fully saturated rings. The number of cyclic esters (lactones) is 1. The zero-order valence-electron chi connectivity index (χ0n) is 17.0. The van der Waals surface area contributed by atoms with Crippen LogP contribution < -0.4 is 0 Å². The second-order valence-electron chi connectivity index (χ2n) is 7.80. The minimum Gasteiger partial charge on any atom is -0.461 e. The monoisotopic (exact) mass is 430 g/mol. The molecule has 1 aromatic heterocycles. The summed E-state index contributed by atoms with van der Waals surface area (Å²) in [7, 11) is 1.54. The van der Waals surface area contributed by atoms with Gasteiger partial charge in [0.1, 0.15) is 29.6 Å². The average Bonchev–Trinajstić information content (AvgIpc) is 3.25. The van der Waals surface area contributed by atoms with Crippen molar-refractivity contribution in [3.05, 3.63) is 59.4 Å². The molecule has 1 aliphatic rings. The highest BCUT2D eigenvalue weighted by atomic mass is 19.1. The van der Waals surface area contributed by atoms with Crippen molar-refractivity contribution in [1.82, 2.24) is 9.88 Å². The van der Waals surface area contributed by atoms with Crippen LogP contribution >= 0.6 is 0 Å². The Morgan fingerprint density at radius 1 is 1.16 bits per heavy atom. The Bertz CT molecular complexity index is 1160. The fourth-order valence-corrected chi connectivity index (χ4v) is 4.03. The Morgan fingerprint density at radius 2 is 1.87 bits per heavy atom. The van der Waals surface area contributed by atoms with Gasteiger partial charge in [-0.1, -0.05) is 0 Å². The van der Waals surface area contributed by atoms with E-state index in [4.69, 9.17) is 4.74 Å². The van der Waals surface area contributed by atoms with Crippen molar-refractivity contribution in [2.75, 3.05) is 7.05 Å². The number of amides is 1. The van der Waals surface area contributed by atoms with E-state index in [1.165, 1.54) is 35.2 Å². The number of nitrogens with one attached hydrogen (secondary N) is 1. The molecule has 1 aliphatic heterocycles. The Balaban J connectivity index is 1.66. The van der Waals surface area contributed by atoms with Gasteiger partial charge in [-0.15, -0.1) is 0 Å². The molecule has 2 heterocycles. The van der Waals surface area contributed by atoms with Gasteiger partial charge in [0, 0.05) is 37.0 Å². The molecule has 2 atom stereocenters. The van der Waals surface area contributed by atoms with Gasteiger partial charge in [0.25, 0.3) is 0 Å². The van der Waals surface area contributed by atoms with E-state index in [2.05, 4.69) is 4.98 Å². The third-order valence-electron chi connectivity index (χ3n) is 5.66. The van der Waals surface area contributed by atoms with Crippen LogP contribution in [-0.2, 0) is 20.7 Å². The molecule has 5 nitrogen and oxygen atoms in total. The highest BCUT2D eigenvalue weighted by molar-refractivity contribution is 5.92. The molecule has 8 heteroatoms. The molecule has 2 unspecified atom stereocenters. The van der Waals surface area contributed by atoms with E-state index in [-0.39, 0.29) is 30.4 Å². The van der Waals surface area contributed by atoms with Gasteiger partial charge in [-0.05, 0) is 54.8 Å². The second kappa shape index (κ2) is 8.09. The molecular formula is C23H21F3N2O3. The number of hydrogen-bond acceptors (Lipinski definition) is 3. The van der Waals surface area contributed by atoms with Crippen molar-refractivity contribution >= 4 is 22.8 Å². The molecule has 0 bridgehead atoms. The number of rotatable bonds is 5. The van der Waals surface area contributed by atoms with Crippen LogP contribution in [0.25, 0.3) is 22.2 Å². The van der Waals surface area contributed by atoms with Crippen LogP contribution in [0.2, 0.25) is 0 Å². The zero-order valence-corrected chi connectivity index (χ0v) is 17.0. The lowest BCUT2D eigenvalue weighted by molar-refractivity contribution is -0.148. The molecule has 2 aromatic carbocycles. The normalized spacial score (nSPS) is 18.4. The van der Waals surface area contributed by atoms with E-state index < -0.39 is 29.5 Å². The van der Waals surface area contributed by atoms with Crippen LogP contribution in [0.3, 0.4) is 0 Å². The van der Waals surface area contributed by atoms with Crippen molar-refractivity contribution < 1.29 is 27.5 Å². The number of carbonyl (C=O) groups excluding carboxylic acids is 2. The van der Waals surface area contributed by atoms with Crippen molar-refractivity contribution in [2.24, 2.45) is 0 Å². The van der Waals surface area contributed by atoms with Crippen molar-refractivity contribution in [3.63, 3.8) is 0 Å². The molecule has 162 valence electrons. The quantitative estimate of drug-likeness (QED) is 0.613. The number of fused-ring (bicyclic) bond motifs is 1. The minimum atomic E-state index is -0.754. The van der Waals surface area contributed by atoms with Crippen molar-refractivity contribution in [2.45, 2.75) is 38.3 Å². The third kappa shape index (κ3) is 4.02. The number of carbonyl (C=O) groups is 2. The molecule has 0 saturated carbocycles. The second-order valence-corrected chi connectivity index (χ2v) is 7.80. The Labute approximate surface area is 176 Å². The van der Waals surface area contributed by atoms with E-state index in [9.17, 15) is 22.8 Å². The van der Waals surface area contributed by atoms with Crippen LogP contribution in [0.1, 0.15) is 25.3 Å². The Morgan fingerprint density at radius 3 is 2.52 bits per heavy atom. The summed E-state index contributed by atoms with van der Waals surface area (Å²) in [6.07, 6.45) is 0.368. The van der Waals surface area contributed by atoms with E-state index in [0.717, 1.165) is 6.07 Å². The lowest BCUT2D eigenvalue weighted by atomic mass is 10.0.